The maximum atomic E-state index is 12.0. The van der Waals surface area contributed by atoms with Crippen molar-refractivity contribution >= 4 is 63.0 Å². The van der Waals surface area contributed by atoms with Crippen molar-refractivity contribution in [1.29, 1.82) is 0 Å². The number of anilines is 1. The van der Waals surface area contributed by atoms with Gasteiger partial charge in [0.1, 0.15) is 11.2 Å². The van der Waals surface area contributed by atoms with E-state index in [1.165, 1.54) is 11.3 Å². The van der Waals surface area contributed by atoms with E-state index in [4.69, 9.17) is 40.5 Å². The van der Waals surface area contributed by atoms with Gasteiger partial charge in [-0.1, -0.05) is 48.7 Å². The van der Waals surface area contributed by atoms with Crippen molar-refractivity contribution in [2.75, 3.05) is 5.32 Å². The summed E-state index contributed by atoms with van der Waals surface area (Å²) in [6.07, 6.45) is 2.82. The number of thiophene rings is 1. The van der Waals surface area contributed by atoms with Crippen LogP contribution < -0.4 is 16.4 Å². The Labute approximate surface area is 160 Å². The smallest absolute Gasteiger partial charge is 0.251 e. The van der Waals surface area contributed by atoms with Crippen molar-refractivity contribution < 1.29 is 9.59 Å². The average Bonchev–Trinajstić information content (AvgIpc) is 2.83. The van der Waals surface area contributed by atoms with Gasteiger partial charge in [0.15, 0.2) is 0 Å². The highest BCUT2D eigenvalue weighted by Crippen LogP contribution is 2.40. The Bertz CT molecular complexity index is 641. The first-order valence-electron chi connectivity index (χ1n) is 7.69. The van der Waals surface area contributed by atoms with Crippen molar-refractivity contribution in [3.63, 3.8) is 0 Å². The van der Waals surface area contributed by atoms with E-state index >= 15 is 0 Å². The van der Waals surface area contributed by atoms with Gasteiger partial charge in [0.2, 0.25) is 9.70 Å². The third-order valence-corrected chi connectivity index (χ3v) is 5.71. The number of alkyl halides is 3. The molecule has 0 spiro atoms. The molecule has 0 saturated carbocycles. The van der Waals surface area contributed by atoms with Crippen molar-refractivity contribution in [1.82, 2.24) is 5.32 Å². The van der Waals surface area contributed by atoms with E-state index in [1.807, 2.05) is 0 Å². The number of nitrogens with two attached hydrogens (primary N) is 1. The maximum Gasteiger partial charge on any atom is 0.251 e. The van der Waals surface area contributed by atoms with Crippen LogP contribution in [-0.2, 0) is 17.6 Å². The van der Waals surface area contributed by atoms with E-state index in [-0.39, 0.29) is 11.8 Å². The van der Waals surface area contributed by atoms with Crippen LogP contribution in [0.25, 0.3) is 0 Å². The third-order valence-electron chi connectivity index (χ3n) is 3.83. The summed E-state index contributed by atoms with van der Waals surface area (Å²) in [4.78, 5) is 25.0. The van der Waals surface area contributed by atoms with Crippen molar-refractivity contribution in [2.45, 2.75) is 49.5 Å². The van der Waals surface area contributed by atoms with Crippen molar-refractivity contribution in [3.8, 4) is 0 Å². The average molecular weight is 413 g/mol. The fourth-order valence-electron chi connectivity index (χ4n) is 2.57. The van der Waals surface area contributed by atoms with E-state index < -0.39 is 15.9 Å². The molecule has 1 heterocycles. The number of carbonyl (C=O) groups is 2. The zero-order chi connectivity index (χ0) is 18.1. The zero-order valence-electron chi connectivity index (χ0n) is 13.4. The minimum absolute atomic E-state index is 0.263. The number of fused-ring (bicyclic) bond motifs is 1. The third kappa shape index (κ3) is 4.48. The molecule has 24 heavy (non-hydrogen) atoms. The second kappa shape index (κ2) is 7.68. The second-order valence-corrected chi connectivity index (χ2v) is 9.54. The minimum atomic E-state index is -1.79. The van der Waals surface area contributed by atoms with E-state index in [2.05, 4.69) is 10.6 Å². The fraction of sp³-hybridized carbons (Fsp3) is 0.600. The molecule has 0 radical (unpaired) electrons. The molecule has 0 aliphatic heterocycles. The molecular weight excluding hydrogens is 393 g/mol. The number of primary amides is 1. The van der Waals surface area contributed by atoms with E-state index in [0.717, 1.165) is 36.1 Å². The molecule has 4 N–H and O–H groups in total. The van der Waals surface area contributed by atoms with E-state index in [0.29, 0.717) is 10.6 Å². The molecule has 1 aromatic heterocycles. The molecule has 134 valence electrons. The molecule has 1 aliphatic carbocycles. The lowest BCUT2D eigenvalue weighted by molar-refractivity contribution is -0.124. The normalized spacial score (nSPS) is 15.8. The van der Waals surface area contributed by atoms with Gasteiger partial charge in [0.25, 0.3) is 5.91 Å². The molecule has 9 heteroatoms. The standard InChI is InChI=1S/C15H20Cl3N3O2S/c1-7(2)12(23)20-14(15(16,17)18)21-13-10(11(19)22)8-5-3-4-6-9(8)24-13/h7,14,21H,3-6H2,1-2H3,(H2,19,22)(H,20,23)/t14-/m0/s1. The minimum Gasteiger partial charge on any atom is -0.365 e. The summed E-state index contributed by atoms with van der Waals surface area (Å²) in [7, 11) is 0. The topological polar surface area (TPSA) is 84.2 Å². The highest BCUT2D eigenvalue weighted by atomic mass is 35.6. The lowest BCUT2D eigenvalue weighted by atomic mass is 9.95. The first kappa shape index (κ1) is 19.6. The predicted molar refractivity (Wildman–Crippen MR) is 100 cm³/mol. The van der Waals surface area contributed by atoms with Gasteiger partial charge in [-0.25, -0.2) is 0 Å². The largest absolute Gasteiger partial charge is 0.365 e. The van der Waals surface area contributed by atoms with Crippen LogP contribution in [0.3, 0.4) is 0 Å². The molecule has 0 aromatic carbocycles. The molecule has 0 saturated heterocycles. The van der Waals surface area contributed by atoms with Gasteiger partial charge in [0, 0.05) is 10.8 Å². The quantitative estimate of drug-likeness (QED) is 0.510. The summed E-state index contributed by atoms with van der Waals surface area (Å²) in [5.41, 5.74) is 6.97. The van der Waals surface area contributed by atoms with Crippen LogP contribution in [0.4, 0.5) is 5.00 Å². The van der Waals surface area contributed by atoms with Gasteiger partial charge >= 0.3 is 0 Å². The number of carbonyl (C=O) groups excluding carboxylic acids is 2. The van der Waals surface area contributed by atoms with Gasteiger partial charge < -0.3 is 16.4 Å². The van der Waals surface area contributed by atoms with Gasteiger partial charge in [-0.15, -0.1) is 11.3 Å². The van der Waals surface area contributed by atoms with Crippen LogP contribution >= 0.6 is 46.1 Å². The summed E-state index contributed by atoms with van der Waals surface area (Å²) >= 11 is 19.4. The summed E-state index contributed by atoms with van der Waals surface area (Å²) < 4.78 is -1.79. The Balaban J connectivity index is 2.33. The maximum absolute atomic E-state index is 12.0. The molecule has 2 amide bonds. The highest BCUT2D eigenvalue weighted by Gasteiger charge is 2.36. The number of hydrogen-bond acceptors (Lipinski definition) is 4. The number of halogens is 3. The molecule has 1 aromatic rings. The van der Waals surface area contributed by atoms with Crippen LogP contribution in [-0.4, -0.2) is 21.8 Å². The molecule has 5 nitrogen and oxygen atoms in total. The Morgan fingerprint density at radius 1 is 1.21 bits per heavy atom. The Hall–Kier alpha value is -0.690. The Morgan fingerprint density at radius 3 is 2.38 bits per heavy atom. The van der Waals surface area contributed by atoms with Crippen molar-refractivity contribution in [3.05, 3.63) is 16.0 Å². The first-order valence-corrected chi connectivity index (χ1v) is 9.64. The molecular formula is C15H20Cl3N3O2S. The van der Waals surface area contributed by atoms with Crippen LogP contribution in [0.2, 0.25) is 0 Å². The van der Waals surface area contributed by atoms with Gasteiger partial charge in [-0.3, -0.25) is 9.59 Å². The first-order chi connectivity index (χ1) is 11.1. The van der Waals surface area contributed by atoms with Gasteiger partial charge in [-0.2, -0.15) is 0 Å². The molecule has 1 aliphatic rings. The molecule has 0 bridgehead atoms. The molecule has 0 unspecified atom stereocenters. The summed E-state index contributed by atoms with van der Waals surface area (Å²) in [5.74, 6) is -1.05. The zero-order valence-corrected chi connectivity index (χ0v) is 16.5. The van der Waals surface area contributed by atoms with E-state index in [1.54, 1.807) is 13.8 Å². The highest BCUT2D eigenvalue weighted by molar-refractivity contribution is 7.16. The summed E-state index contributed by atoms with van der Waals surface area (Å²) in [6, 6.07) is 0. The molecule has 1 atom stereocenters. The van der Waals surface area contributed by atoms with Gasteiger partial charge in [0.05, 0.1) is 5.56 Å². The predicted octanol–water partition coefficient (Wildman–Crippen LogP) is 3.61. The Kier molecular flexibility index (Phi) is 6.29. The number of rotatable bonds is 5. The number of nitrogens with one attached hydrogen (secondary N) is 2. The molecule has 2 rings (SSSR count). The van der Waals surface area contributed by atoms with Crippen LogP contribution in [0, 0.1) is 5.92 Å². The monoisotopic (exact) mass is 411 g/mol. The fourth-order valence-corrected chi connectivity index (χ4v) is 4.22. The van der Waals surface area contributed by atoms with Crippen LogP contribution in [0.5, 0.6) is 0 Å². The summed E-state index contributed by atoms with van der Waals surface area (Å²) in [5, 5.41) is 6.20. The Morgan fingerprint density at radius 2 is 1.83 bits per heavy atom. The van der Waals surface area contributed by atoms with Crippen LogP contribution in [0.15, 0.2) is 0 Å². The number of amides is 2. The number of hydrogen-bond donors (Lipinski definition) is 3. The van der Waals surface area contributed by atoms with Gasteiger partial charge in [-0.05, 0) is 31.2 Å². The van der Waals surface area contributed by atoms with Crippen LogP contribution in [0.1, 0.15) is 47.5 Å². The van der Waals surface area contributed by atoms with Crippen molar-refractivity contribution in [2.24, 2.45) is 11.7 Å². The SMILES string of the molecule is CC(C)C(=O)N[C@@H](Nc1sc2c(c1C(N)=O)CCCC2)C(Cl)(Cl)Cl. The second-order valence-electron chi connectivity index (χ2n) is 6.06. The number of aryl methyl sites for hydroxylation is 1. The summed E-state index contributed by atoms with van der Waals surface area (Å²) in [6.45, 7) is 3.48. The lowest BCUT2D eigenvalue weighted by Crippen LogP contribution is -2.50. The van der Waals surface area contributed by atoms with E-state index in [9.17, 15) is 9.59 Å². The molecule has 0 fully saturated rings. The lowest BCUT2D eigenvalue weighted by Gasteiger charge is -2.27.